The summed E-state index contributed by atoms with van der Waals surface area (Å²) in [5, 5.41) is 11.7. The summed E-state index contributed by atoms with van der Waals surface area (Å²) >= 11 is 0. The van der Waals surface area contributed by atoms with Crippen LogP contribution in [0.5, 0.6) is 11.5 Å². The fourth-order valence-electron chi connectivity index (χ4n) is 5.92. The average Bonchev–Trinajstić information content (AvgIpc) is 3.65. The van der Waals surface area contributed by atoms with Crippen molar-refractivity contribution in [3.63, 3.8) is 0 Å². The number of fused-ring (bicyclic) bond motifs is 1. The Bertz CT molecular complexity index is 1760. The Balaban J connectivity index is 1.41. The lowest BCUT2D eigenvalue weighted by Crippen LogP contribution is -2.40. The Morgan fingerprint density at radius 3 is 2.15 bits per heavy atom. The number of nitrogens with two attached hydrogens (primary N) is 1. The molecule has 240 valence electrons. The molecule has 0 unspecified atom stereocenters. The number of rotatable bonds is 12. The third-order valence-electron chi connectivity index (χ3n) is 8.19. The van der Waals surface area contributed by atoms with E-state index in [1.165, 1.54) is 6.33 Å². The van der Waals surface area contributed by atoms with Gasteiger partial charge in [0.15, 0.2) is 17.4 Å². The number of aliphatic hydroxyl groups excluding tert-OH is 1. The number of nitrogen functional groups attached to an aromatic ring is 1. The normalized spacial score (nSPS) is 19.8. The zero-order valence-corrected chi connectivity index (χ0v) is 25.8. The highest BCUT2D eigenvalue weighted by Crippen LogP contribution is 2.43. The number of H-pyrrole nitrogens is 1. The first kappa shape index (κ1) is 31.2. The predicted molar refractivity (Wildman–Crippen MR) is 171 cm³/mol. The van der Waals surface area contributed by atoms with Crippen molar-refractivity contribution in [1.82, 2.24) is 19.5 Å². The second-order valence-electron chi connectivity index (χ2n) is 11.0. The highest BCUT2D eigenvalue weighted by Gasteiger charge is 2.48. The van der Waals surface area contributed by atoms with E-state index >= 15 is 0 Å². The largest absolute Gasteiger partial charge is 0.497 e. The van der Waals surface area contributed by atoms with Crippen molar-refractivity contribution in [2.24, 2.45) is 0 Å². The number of aliphatic hydroxyl groups is 1. The van der Waals surface area contributed by atoms with E-state index in [2.05, 4.69) is 15.0 Å². The van der Waals surface area contributed by atoms with Gasteiger partial charge in [-0.05, 0) is 47.4 Å². The second-order valence-corrected chi connectivity index (χ2v) is 11.0. The molecule has 2 aromatic heterocycles. The Hall–Kier alpha value is -4.75. The maximum absolute atomic E-state index is 12.5. The smallest absolute Gasteiger partial charge is 0.280 e. The highest BCUT2D eigenvalue weighted by atomic mass is 16.6. The van der Waals surface area contributed by atoms with E-state index in [9.17, 15) is 9.90 Å². The van der Waals surface area contributed by atoms with E-state index in [0.717, 1.165) is 23.1 Å². The summed E-state index contributed by atoms with van der Waals surface area (Å²) in [4.78, 5) is 23.5. The number of benzene rings is 3. The van der Waals surface area contributed by atoms with Gasteiger partial charge in [0.2, 0.25) is 5.95 Å². The maximum atomic E-state index is 12.5. The minimum Gasteiger partial charge on any atom is -0.497 e. The molecular weight excluding hydrogens is 590 g/mol. The molecule has 46 heavy (non-hydrogen) atoms. The van der Waals surface area contributed by atoms with Gasteiger partial charge in [0.05, 0.1) is 27.2 Å². The van der Waals surface area contributed by atoms with Gasteiger partial charge in [0.1, 0.15) is 35.4 Å². The molecule has 1 saturated heterocycles. The van der Waals surface area contributed by atoms with Crippen LogP contribution in [-0.2, 0) is 19.8 Å². The Morgan fingerprint density at radius 1 is 0.957 bits per heavy atom. The molecule has 0 amide bonds. The number of anilines is 1. The number of hydrogen-bond acceptors (Lipinski definition) is 10. The number of hydrogen-bond donors (Lipinski definition) is 3. The lowest BCUT2D eigenvalue weighted by Gasteiger charge is -2.37. The number of methoxy groups -OCH3 is 2. The van der Waals surface area contributed by atoms with Gasteiger partial charge in [-0.1, -0.05) is 61.5 Å². The van der Waals surface area contributed by atoms with Crippen LogP contribution in [0.25, 0.3) is 11.2 Å². The molecule has 1 aliphatic rings. The number of aromatic nitrogens is 4. The third kappa shape index (κ3) is 5.71. The first-order valence-electron chi connectivity index (χ1n) is 15.1. The zero-order valence-electron chi connectivity index (χ0n) is 25.8. The van der Waals surface area contributed by atoms with E-state index < -0.39 is 35.7 Å². The molecule has 12 nitrogen and oxygen atoms in total. The van der Waals surface area contributed by atoms with Gasteiger partial charge in [-0.25, -0.2) is 4.98 Å². The van der Waals surface area contributed by atoms with E-state index in [1.807, 2.05) is 85.8 Å². The van der Waals surface area contributed by atoms with E-state index in [1.54, 1.807) is 18.8 Å². The Morgan fingerprint density at radius 2 is 1.57 bits per heavy atom. The first-order valence-corrected chi connectivity index (χ1v) is 15.1. The number of nitrogens with one attached hydrogen (secondary N) is 1. The van der Waals surface area contributed by atoms with Gasteiger partial charge in [-0.3, -0.25) is 14.3 Å². The molecule has 4 atom stereocenters. The van der Waals surface area contributed by atoms with Crippen LogP contribution in [0.15, 0.2) is 90.0 Å². The molecule has 4 N–H and O–H groups in total. The molecule has 6 rings (SSSR count). The molecular formula is C34H37N5O7. The van der Waals surface area contributed by atoms with Gasteiger partial charge in [0.25, 0.3) is 5.56 Å². The number of nitrogens with zero attached hydrogens (tertiary/aromatic N) is 3. The van der Waals surface area contributed by atoms with Crippen molar-refractivity contribution in [2.75, 3.05) is 33.2 Å². The van der Waals surface area contributed by atoms with Crippen LogP contribution in [0.2, 0.25) is 0 Å². The topological polar surface area (TPSA) is 156 Å². The summed E-state index contributed by atoms with van der Waals surface area (Å²) in [5.74, 6) is 1.35. The lowest BCUT2D eigenvalue weighted by atomic mass is 9.80. The van der Waals surface area contributed by atoms with Crippen molar-refractivity contribution < 1.29 is 28.8 Å². The zero-order chi connectivity index (χ0) is 32.3. The van der Waals surface area contributed by atoms with Crippen LogP contribution in [0.1, 0.15) is 36.3 Å². The number of aromatic amines is 1. The van der Waals surface area contributed by atoms with Crippen LogP contribution in [-0.4, -0.2) is 70.4 Å². The van der Waals surface area contributed by atoms with Gasteiger partial charge in [-0.15, -0.1) is 0 Å². The Labute approximate surface area is 265 Å². The first-order chi connectivity index (χ1) is 22.4. The van der Waals surface area contributed by atoms with Crippen molar-refractivity contribution in [3.8, 4) is 11.5 Å². The summed E-state index contributed by atoms with van der Waals surface area (Å²) in [6.45, 7) is 2.33. The van der Waals surface area contributed by atoms with Crippen molar-refractivity contribution in [1.29, 1.82) is 0 Å². The summed E-state index contributed by atoms with van der Waals surface area (Å²) in [7, 11) is 3.24. The molecule has 3 aromatic carbocycles. The van der Waals surface area contributed by atoms with Crippen molar-refractivity contribution >= 4 is 17.1 Å². The molecule has 0 spiro atoms. The summed E-state index contributed by atoms with van der Waals surface area (Å²) in [6, 6.07) is 25.2. The molecule has 0 radical (unpaired) electrons. The number of imidazole rings is 1. The molecule has 5 aromatic rings. The minimum absolute atomic E-state index is 0.0284. The molecule has 12 heteroatoms. The summed E-state index contributed by atoms with van der Waals surface area (Å²) < 4.78 is 32.1. The van der Waals surface area contributed by atoms with Crippen LogP contribution in [0.4, 0.5) is 5.95 Å². The van der Waals surface area contributed by atoms with Gasteiger partial charge in [-0.2, -0.15) is 4.98 Å². The summed E-state index contributed by atoms with van der Waals surface area (Å²) in [6.07, 6.45) is -1.42. The fraction of sp³-hybridized carbons (Fsp3) is 0.324. The Kier molecular flexibility index (Phi) is 9.04. The predicted octanol–water partition coefficient (Wildman–Crippen LogP) is 3.78. The monoisotopic (exact) mass is 627 g/mol. The SMILES string of the molecule is CCCO[C@@H]1[C@H](O)[C@@H](COC(c2ccccc2)(c2ccc(OC)cc2)c2ccc(OC)cc2)O[C@H]1n1cnc2c(=O)[nH]c(N)nc21. The van der Waals surface area contributed by atoms with Gasteiger partial charge in [0, 0.05) is 6.61 Å². The van der Waals surface area contributed by atoms with Crippen molar-refractivity contribution in [2.45, 2.75) is 43.5 Å². The van der Waals surface area contributed by atoms with Gasteiger partial charge >= 0.3 is 0 Å². The number of ether oxygens (including phenoxy) is 5. The molecule has 1 aliphatic heterocycles. The standard InChI is InChI=1S/C34H37N5O7/c1-4-18-44-29-28(40)26(46-32(29)39-20-36-27-30(39)37-33(35)38-31(27)41)19-45-34(21-8-6-5-7-9-21,22-10-14-24(42-2)15-11-22)23-12-16-25(43-3)17-13-23/h5-17,20,26,28-29,32,40H,4,18-19H2,1-3H3,(H3,35,37,38,41)/t26-,28-,29-,32-/m1/s1. The summed E-state index contributed by atoms with van der Waals surface area (Å²) in [5.41, 5.74) is 7.13. The van der Waals surface area contributed by atoms with Crippen molar-refractivity contribution in [3.05, 3.63) is 112 Å². The molecule has 0 aliphatic carbocycles. The average molecular weight is 628 g/mol. The second kappa shape index (κ2) is 13.3. The van der Waals surface area contributed by atoms with Gasteiger partial charge < -0.3 is 34.5 Å². The van der Waals surface area contributed by atoms with E-state index in [0.29, 0.717) is 18.1 Å². The van der Waals surface area contributed by atoms with Crippen LogP contribution in [0.3, 0.4) is 0 Å². The van der Waals surface area contributed by atoms with Crippen LogP contribution >= 0.6 is 0 Å². The highest BCUT2D eigenvalue weighted by molar-refractivity contribution is 5.70. The molecule has 3 heterocycles. The lowest BCUT2D eigenvalue weighted by molar-refractivity contribution is -0.0960. The minimum atomic E-state index is -1.12. The van der Waals surface area contributed by atoms with Crippen LogP contribution < -0.4 is 20.8 Å². The third-order valence-corrected chi connectivity index (χ3v) is 8.19. The molecule has 0 bridgehead atoms. The quantitative estimate of drug-likeness (QED) is 0.174. The maximum Gasteiger partial charge on any atom is 0.280 e. The van der Waals surface area contributed by atoms with E-state index in [4.69, 9.17) is 29.4 Å². The fourth-order valence-corrected chi connectivity index (χ4v) is 5.92. The van der Waals surface area contributed by atoms with E-state index in [-0.39, 0.29) is 23.7 Å². The molecule has 1 fully saturated rings. The van der Waals surface area contributed by atoms with Crippen LogP contribution in [0, 0.1) is 0 Å². The molecule has 0 saturated carbocycles.